The van der Waals surface area contributed by atoms with E-state index in [1.807, 2.05) is 0 Å². The first-order valence-corrected chi connectivity index (χ1v) is 7.99. The molecule has 0 aliphatic heterocycles. The molecular weight excluding hydrogens is 314 g/mol. The van der Waals surface area contributed by atoms with Crippen molar-refractivity contribution in [3.8, 4) is 5.75 Å². The van der Waals surface area contributed by atoms with Gasteiger partial charge < -0.3 is 9.47 Å². The molecule has 0 saturated carbocycles. The molecule has 0 spiro atoms. The molecule has 0 atom stereocenters. The minimum atomic E-state index is -4.20. The summed E-state index contributed by atoms with van der Waals surface area (Å²) in [6, 6.07) is 1.23. The molecule has 0 N–H and O–H groups in total. The van der Waals surface area contributed by atoms with Crippen LogP contribution >= 0.6 is 10.7 Å². The fourth-order valence-corrected chi connectivity index (χ4v) is 2.07. The van der Waals surface area contributed by atoms with Gasteiger partial charge in [0.05, 0.1) is 17.1 Å². The molecule has 0 fully saturated rings. The average Bonchev–Trinajstić information content (AvgIpc) is 2.31. The van der Waals surface area contributed by atoms with Crippen LogP contribution in [0.2, 0.25) is 0 Å². The predicted octanol–water partition coefficient (Wildman–Crippen LogP) is 3.09. The maximum Gasteiger partial charge on any atom is 0.261 e. The van der Waals surface area contributed by atoms with E-state index in [1.165, 1.54) is 7.11 Å². The highest BCUT2D eigenvalue weighted by Gasteiger charge is 2.21. The van der Waals surface area contributed by atoms with Crippen LogP contribution in [-0.4, -0.2) is 27.7 Å². The van der Waals surface area contributed by atoms with Crippen LogP contribution in [0, 0.1) is 11.6 Å². The summed E-state index contributed by atoms with van der Waals surface area (Å²) in [4.78, 5) is -0.654. The van der Waals surface area contributed by atoms with Crippen LogP contribution in [0.5, 0.6) is 5.75 Å². The molecule has 0 aromatic heterocycles. The summed E-state index contributed by atoms with van der Waals surface area (Å²) in [5, 5.41) is 0. The molecule has 0 radical (unpaired) electrons. The molecule has 1 aromatic rings. The Morgan fingerprint density at radius 2 is 1.75 bits per heavy atom. The van der Waals surface area contributed by atoms with Crippen molar-refractivity contribution in [1.82, 2.24) is 0 Å². The third-order valence-corrected chi connectivity index (χ3v) is 4.09. The Labute approximate surface area is 121 Å². The minimum Gasteiger partial charge on any atom is -0.487 e. The maximum atomic E-state index is 13.6. The van der Waals surface area contributed by atoms with Crippen LogP contribution in [0.4, 0.5) is 8.78 Å². The molecule has 8 heteroatoms. The second-order valence-electron chi connectivity index (χ2n) is 4.72. The topological polar surface area (TPSA) is 52.6 Å². The van der Waals surface area contributed by atoms with Gasteiger partial charge in [0.25, 0.3) is 9.05 Å². The number of benzene rings is 1. The third-order valence-electron chi connectivity index (χ3n) is 2.76. The third kappa shape index (κ3) is 4.57. The van der Waals surface area contributed by atoms with E-state index in [-0.39, 0.29) is 6.61 Å². The molecule has 20 heavy (non-hydrogen) atoms. The number of ether oxygens (including phenoxy) is 2. The summed E-state index contributed by atoms with van der Waals surface area (Å²) in [5.74, 6) is -2.89. The van der Waals surface area contributed by atoms with E-state index in [4.69, 9.17) is 20.2 Å². The van der Waals surface area contributed by atoms with Crippen molar-refractivity contribution < 1.29 is 26.7 Å². The second-order valence-corrected chi connectivity index (χ2v) is 7.28. The lowest BCUT2D eigenvalue weighted by atomic mass is 10.1. The number of methoxy groups -OCH3 is 1. The summed E-state index contributed by atoms with van der Waals surface area (Å²) < 4.78 is 59.4. The van der Waals surface area contributed by atoms with E-state index in [0.717, 1.165) is 0 Å². The van der Waals surface area contributed by atoms with Crippen molar-refractivity contribution in [3.63, 3.8) is 0 Å². The second kappa shape index (κ2) is 6.24. The maximum absolute atomic E-state index is 13.6. The summed E-state index contributed by atoms with van der Waals surface area (Å²) in [5.41, 5.74) is -0.494. The lowest BCUT2D eigenvalue weighted by molar-refractivity contribution is 0.00477. The molecule has 0 aliphatic rings. The SMILES string of the molecule is COC(C)(C)CCOc1c(F)cc(S(=O)(=O)Cl)cc1F. The summed E-state index contributed by atoms with van der Waals surface area (Å²) in [7, 11) is 2.34. The van der Waals surface area contributed by atoms with Gasteiger partial charge in [-0.2, -0.15) is 0 Å². The molecule has 114 valence electrons. The largest absolute Gasteiger partial charge is 0.487 e. The van der Waals surface area contributed by atoms with Gasteiger partial charge in [-0.3, -0.25) is 0 Å². The molecule has 0 unspecified atom stereocenters. The first-order valence-electron chi connectivity index (χ1n) is 5.68. The van der Waals surface area contributed by atoms with Gasteiger partial charge >= 0.3 is 0 Å². The van der Waals surface area contributed by atoms with Gasteiger partial charge in [0.15, 0.2) is 17.4 Å². The van der Waals surface area contributed by atoms with Crippen LogP contribution in [0.25, 0.3) is 0 Å². The van der Waals surface area contributed by atoms with Crippen molar-refractivity contribution in [1.29, 1.82) is 0 Å². The van der Waals surface area contributed by atoms with Crippen LogP contribution in [0.15, 0.2) is 17.0 Å². The van der Waals surface area contributed by atoms with Gasteiger partial charge in [-0.25, -0.2) is 17.2 Å². The quantitative estimate of drug-likeness (QED) is 0.753. The number of rotatable bonds is 6. The molecule has 0 saturated heterocycles. The Bertz CT molecular complexity index is 564. The number of hydrogen-bond acceptors (Lipinski definition) is 4. The Hall–Kier alpha value is -0.920. The smallest absolute Gasteiger partial charge is 0.261 e. The molecule has 0 aliphatic carbocycles. The zero-order valence-corrected chi connectivity index (χ0v) is 12.8. The molecule has 4 nitrogen and oxygen atoms in total. The van der Waals surface area contributed by atoms with Gasteiger partial charge in [-0.05, 0) is 26.0 Å². The van der Waals surface area contributed by atoms with Crippen molar-refractivity contribution in [2.75, 3.05) is 13.7 Å². The Morgan fingerprint density at radius 3 is 2.15 bits per heavy atom. The van der Waals surface area contributed by atoms with Gasteiger partial charge in [0.1, 0.15) is 0 Å². The standard InChI is InChI=1S/C12H15ClF2O4S/c1-12(2,18-3)4-5-19-11-9(14)6-8(7-10(11)15)20(13,16)17/h6-7H,4-5H2,1-3H3. The average molecular weight is 329 g/mol. The van der Waals surface area contributed by atoms with Gasteiger partial charge in [0.2, 0.25) is 0 Å². The van der Waals surface area contributed by atoms with Crippen molar-refractivity contribution >= 4 is 19.7 Å². The zero-order chi connectivity index (χ0) is 15.6. The molecule has 1 rings (SSSR count). The summed E-state index contributed by atoms with van der Waals surface area (Å²) in [6.45, 7) is 3.61. The fourth-order valence-electron chi connectivity index (χ4n) is 1.32. The Kier molecular flexibility index (Phi) is 5.34. The van der Waals surface area contributed by atoms with Gasteiger partial charge in [-0.15, -0.1) is 0 Å². The van der Waals surface area contributed by atoms with Crippen molar-refractivity contribution in [2.45, 2.75) is 30.8 Å². The predicted molar refractivity (Wildman–Crippen MR) is 70.6 cm³/mol. The zero-order valence-electron chi connectivity index (χ0n) is 11.2. The van der Waals surface area contributed by atoms with E-state index in [0.29, 0.717) is 18.6 Å². The first kappa shape index (κ1) is 17.1. The van der Waals surface area contributed by atoms with E-state index in [2.05, 4.69) is 0 Å². The molecule has 1 aromatic carbocycles. The van der Waals surface area contributed by atoms with E-state index in [9.17, 15) is 17.2 Å². The van der Waals surface area contributed by atoms with Gasteiger partial charge in [-0.1, -0.05) is 0 Å². The lowest BCUT2D eigenvalue weighted by Gasteiger charge is -2.22. The van der Waals surface area contributed by atoms with E-state index < -0.39 is 36.9 Å². The number of hydrogen-bond donors (Lipinski definition) is 0. The summed E-state index contributed by atoms with van der Waals surface area (Å²) in [6.07, 6.45) is 0.401. The van der Waals surface area contributed by atoms with Gasteiger partial charge in [0, 0.05) is 24.2 Å². The highest BCUT2D eigenvalue weighted by atomic mass is 35.7. The molecule has 0 amide bonds. The Morgan fingerprint density at radius 1 is 1.25 bits per heavy atom. The normalized spacial score (nSPS) is 12.5. The lowest BCUT2D eigenvalue weighted by Crippen LogP contribution is -2.25. The monoisotopic (exact) mass is 328 g/mol. The Balaban J connectivity index is 2.88. The van der Waals surface area contributed by atoms with Crippen molar-refractivity contribution in [3.05, 3.63) is 23.8 Å². The highest BCUT2D eigenvalue weighted by molar-refractivity contribution is 8.13. The first-order chi connectivity index (χ1) is 9.07. The molecule has 0 heterocycles. The van der Waals surface area contributed by atoms with Crippen molar-refractivity contribution in [2.24, 2.45) is 0 Å². The van der Waals surface area contributed by atoms with E-state index in [1.54, 1.807) is 13.8 Å². The van der Waals surface area contributed by atoms with Crippen LogP contribution in [-0.2, 0) is 13.8 Å². The van der Waals surface area contributed by atoms with E-state index >= 15 is 0 Å². The van der Waals surface area contributed by atoms with Crippen LogP contribution in [0.3, 0.4) is 0 Å². The molecule has 0 bridgehead atoms. The van der Waals surface area contributed by atoms with Crippen LogP contribution < -0.4 is 4.74 Å². The van der Waals surface area contributed by atoms with Crippen LogP contribution in [0.1, 0.15) is 20.3 Å². The molecular formula is C12H15ClF2O4S. The summed E-state index contributed by atoms with van der Waals surface area (Å²) >= 11 is 0. The minimum absolute atomic E-state index is 0.0155. The fraction of sp³-hybridized carbons (Fsp3) is 0.500. The highest BCUT2D eigenvalue weighted by Crippen LogP contribution is 2.27. The number of halogens is 3.